The van der Waals surface area contributed by atoms with Crippen molar-refractivity contribution in [2.75, 3.05) is 19.8 Å². The lowest BCUT2D eigenvalue weighted by molar-refractivity contribution is 0.140. The molecule has 1 aliphatic rings. The average molecular weight is 187 g/mol. The van der Waals surface area contributed by atoms with E-state index in [2.05, 4.69) is 12.2 Å². The molecule has 3 nitrogen and oxygen atoms in total. The van der Waals surface area contributed by atoms with Gasteiger partial charge in [-0.3, -0.25) is 0 Å². The molecule has 0 radical (unpaired) electrons. The van der Waals surface area contributed by atoms with Crippen LogP contribution in [-0.4, -0.2) is 36.0 Å². The van der Waals surface area contributed by atoms with Gasteiger partial charge in [0.15, 0.2) is 0 Å². The molecule has 0 amide bonds. The SMILES string of the molecule is CC[C@H]1C[C@@H](CNC(CO)CO)C1. The summed E-state index contributed by atoms with van der Waals surface area (Å²) >= 11 is 0. The number of nitrogens with one attached hydrogen (secondary N) is 1. The van der Waals surface area contributed by atoms with Gasteiger partial charge >= 0.3 is 0 Å². The Morgan fingerprint density at radius 1 is 1.23 bits per heavy atom. The summed E-state index contributed by atoms with van der Waals surface area (Å²) in [5, 5.41) is 20.8. The molecular formula is C10H21NO2. The first kappa shape index (κ1) is 11.0. The lowest BCUT2D eigenvalue weighted by Gasteiger charge is -2.35. The van der Waals surface area contributed by atoms with Crippen LogP contribution in [0.5, 0.6) is 0 Å². The molecule has 0 heterocycles. The topological polar surface area (TPSA) is 52.5 Å². The van der Waals surface area contributed by atoms with Crippen molar-refractivity contribution in [1.82, 2.24) is 5.32 Å². The molecule has 0 unspecified atom stereocenters. The fourth-order valence-corrected chi connectivity index (χ4v) is 1.89. The Hall–Kier alpha value is -0.120. The van der Waals surface area contributed by atoms with E-state index < -0.39 is 0 Å². The van der Waals surface area contributed by atoms with E-state index in [0.29, 0.717) is 0 Å². The molecule has 3 N–H and O–H groups in total. The smallest absolute Gasteiger partial charge is 0.0607 e. The summed E-state index contributed by atoms with van der Waals surface area (Å²) in [4.78, 5) is 0. The van der Waals surface area contributed by atoms with Crippen LogP contribution in [0, 0.1) is 11.8 Å². The summed E-state index contributed by atoms with van der Waals surface area (Å²) in [6.07, 6.45) is 3.92. The molecular weight excluding hydrogens is 166 g/mol. The Morgan fingerprint density at radius 2 is 1.85 bits per heavy atom. The molecule has 0 bridgehead atoms. The van der Waals surface area contributed by atoms with E-state index >= 15 is 0 Å². The van der Waals surface area contributed by atoms with Gasteiger partial charge in [-0.1, -0.05) is 13.3 Å². The highest BCUT2D eigenvalue weighted by molar-refractivity contribution is 4.81. The lowest BCUT2D eigenvalue weighted by Crippen LogP contribution is -2.41. The third-order valence-corrected chi connectivity index (χ3v) is 3.05. The molecule has 0 spiro atoms. The van der Waals surface area contributed by atoms with Gasteiger partial charge in [0.05, 0.1) is 19.3 Å². The molecule has 0 aromatic carbocycles. The maximum Gasteiger partial charge on any atom is 0.0607 e. The molecule has 0 aromatic heterocycles. The van der Waals surface area contributed by atoms with Gasteiger partial charge in [0, 0.05) is 0 Å². The van der Waals surface area contributed by atoms with Crippen molar-refractivity contribution in [3.8, 4) is 0 Å². The second-order valence-corrected chi connectivity index (χ2v) is 4.08. The molecule has 1 aliphatic carbocycles. The van der Waals surface area contributed by atoms with Crippen LogP contribution in [-0.2, 0) is 0 Å². The number of hydrogen-bond donors (Lipinski definition) is 3. The van der Waals surface area contributed by atoms with E-state index in [1.54, 1.807) is 0 Å². The normalized spacial score (nSPS) is 27.7. The zero-order chi connectivity index (χ0) is 9.68. The minimum Gasteiger partial charge on any atom is -0.395 e. The summed E-state index contributed by atoms with van der Waals surface area (Å²) in [5.41, 5.74) is 0. The maximum absolute atomic E-state index is 8.81. The highest BCUT2D eigenvalue weighted by atomic mass is 16.3. The van der Waals surface area contributed by atoms with Crippen LogP contribution < -0.4 is 5.32 Å². The Bertz CT molecular complexity index is 131. The first-order valence-electron chi connectivity index (χ1n) is 5.25. The van der Waals surface area contributed by atoms with Crippen LogP contribution >= 0.6 is 0 Å². The summed E-state index contributed by atoms with van der Waals surface area (Å²) in [6, 6.07) is -0.124. The van der Waals surface area contributed by atoms with Gasteiger partial charge in [-0.2, -0.15) is 0 Å². The van der Waals surface area contributed by atoms with Crippen LogP contribution in [0.4, 0.5) is 0 Å². The minimum atomic E-state index is -0.124. The largest absolute Gasteiger partial charge is 0.395 e. The molecule has 0 saturated heterocycles. The van der Waals surface area contributed by atoms with Gasteiger partial charge in [0.2, 0.25) is 0 Å². The molecule has 0 aromatic rings. The van der Waals surface area contributed by atoms with Crippen molar-refractivity contribution in [3.05, 3.63) is 0 Å². The first-order valence-corrected chi connectivity index (χ1v) is 5.25. The van der Waals surface area contributed by atoms with Crippen molar-refractivity contribution in [1.29, 1.82) is 0 Å². The summed E-state index contributed by atoms with van der Waals surface area (Å²) in [7, 11) is 0. The predicted molar refractivity (Wildman–Crippen MR) is 52.5 cm³/mol. The molecule has 78 valence electrons. The van der Waals surface area contributed by atoms with Crippen LogP contribution in [0.2, 0.25) is 0 Å². The summed E-state index contributed by atoms with van der Waals surface area (Å²) < 4.78 is 0. The highest BCUT2D eigenvalue weighted by Gasteiger charge is 2.27. The Labute approximate surface area is 80.2 Å². The Morgan fingerprint density at radius 3 is 2.31 bits per heavy atom. The van der Waals surface area contributed by atoms with Gasteiger partial charge < -0.3 is 15.5 Å². The average Bonchev–Trinajstić information content (AvgIpc) is 2.09. The van der Waals surface area contributed by atoms with Crippen LogP contribution in [0.1, 0.15) is 26.2 Å². The van der Waals surface area contributed by atoms with Crippen molar-refractivity contribution < 1.29 is 10.2 Å². The minimum absolute atomic E-state index is 0.0282. The van der Waals surface area contributed by atoms with E-state index in [4.69, 9.17) is 10.2 Å². The number of aliphatic hydroxyl groups is 2. The predicted octanol–water partition coefficient (Wildman–Crippen LogP) is 0.365. The second kappa shape index (κ2) is 5.58. The fraction of sp³-hybridized carbons (Fsp3) is 1.00. The van der Waals surface area contributed by atoms with E-state index in [9.17, 15) is 0 Å². The highest BCUT2D eigenvalue weighted by Crippen LogP contribution is 2.35. The zero-order valence-electron chi connectivity index (χ0n) is 8.37. The molecule has 0 aliphatic heterocycles. The van der Waals surface area contributed by atoms with Crippen molar-refractivity contribution in [2.45, 2.75) is 32.2 Å². The Kier molecular flexibility index (Phi) is 4.70. The molecule has 3 heteroatoms. The monoisotopic (exact) mass is 187 g/mol. The van der Waals surface area contributed by atoms with Gasteiger partial charge in [-0.25, -0.2) is 0 Å². The van der Waals surface area contributed by atoms with Gasteiger partial charge in [-0.15, -0.1) is 0 Å². The second-order valence-electron chi connectivity index (χ2n) is 4.08. The number of hydrogen-bond acceptors (Lipinski definition) is 3. The van der Waals surface area contributed by atoms with Gasteiger partial charge in [0.25, 0.3) is 0 Å². The molecule has 1 rings (SSSR count). The van der Waals surface area contributed by atoms with Crippen LogP contribution in [0.3, 0.4) is 0 Å². The van der Waals surface area contributed by atoms with E-state index in [0.717, 1.165) is 18.4 Å². The number of rotatable bonds is 6. The Balaban J connectivity index is 2.01. The first-order chi connectivity index (χ1) is 6.30. The van der Waals surface area contributed by atoms with Crippen molar-refractivity contribution >= 4 is 0 Å². The fourth-order valence-electron chi connectivity index (χ4n) is 1.89. The van der Waals surface area contributed by atoms with Crippen molar-refractivity contribution in [3.63, 3.8) is 0 Å². The summed E-state index contributed by atoms with van der Waals surface area (Å²) in [6.45, 7) is 3.24. The molecule has 0 atom stereocenters. The van der Waals surface area contributed by atoms with Crippen molar-refractivity contribution in [2.24, 2.45) is 11.8 Å². The third-order valence-electron chi connectivity index (χ3n) is 3.05. The molecule has 1 saturated carbocycles. The third kappa shape index (κ3) is 3.25. The van der Waals surface area contributed by atoms with Gasteiger partial charge in [0.1, 0.15) is 0 Å². The van der Waals surface area contributed by atoms with E-state index in [1.165, 1.54) is 19.3 Å². The van der Waals surface area contributed by atoms with Crippen LogP contribution in [0.25, 0.3) is 0 Å². The molecule has 13 heavy (non-hydrogen) atoms. The standard InChI is InChI=1S/C10H21NO2/c1-2-8-3-9(4-8)5-11-10(6-12)7-13/h8-13H,2-7H2,1H3/t8-,9+. The quantitative estimate of drug-likeness (QED) is 0.563. The zero-order valence-corrected chi connectivity index (χ0v) is 8.37. The summed E-state index contributed by atoms with van der Waals surface area (Å²) in [5.74, 6) is 1.69. The number of aliphatic hydroxyl groups excluding tert-OH is 2. The van der Waals surface area contributed by atoms with Crippen LogP contribution in [0.15, 0.2) is 0 Å². The van der Waals surface area contributed by atoms with E-state index in [-0.39, 0.29) is 19.3 Å². The lowest BCUT2D eigenvalue weighted by atomic mass is 9.73. The van der Waals surface area contributed by atoms with E-state index in [1.807, 2.05) is 0 Å². The maximum atomic E-state index is 8.81. The van der Waals surface area contributed by atoms with Gasteiger partial charge in [-0.05, 0) is 31.2 Å². The molecule has 1 fully saturated rings.